The van der Waals surface area contributed by atoms with Crippen LogP contribution in [0.3, 0.4) is 0 Å². The standard InChI is InChI=1S/C15H22N2O3S/c1-4-11-6-5-7-17(8-11)15(20)16-13-12(14(18)19)9(2)10(3)21-13/h11H,4-8H2,1-3H3,(H,16,20)(H,18,19). The number of carboxylic acid groups (broad SMARTS) is 1. The van der Waals surface area contributed by atoms with Crippen LogP contribution in [-0.2, 0) is 0 Å². The van der Waals surface area contributed by atoms with Crippen LogP contribution in [0.5, 0.6) is 0 Å². The van der Waals surface area contributed by atoms with Gasteiger partial charge < -0.3 is 10.0 Å². The van der Waals surface area contributed by atoms with Crippen LogP contribution < -0.4 is 5.32 Å². The van der Waals surface area contributed by atoms with Gasteiger partial charge in [-0.25, -0.2) is 9.59 Å². The van der Waals surface area contributed by atoms with Crippen LogP contribution in [0.25, 0.3) is 0 Å². The minimum absolute atomic E-state index is 0.183. The number of hydrogen-bond donors (Lipinski definition) is 2. The molecule has 0 aliphatic carbocycles. The first-order valence-electron chi connectivity index (χ1n) is 7.33. The summed E-state index contributed by atoms with van der Waals surface area (Å²) in [5, 5.41) is 12.5. The molecule has 1 aromatic heterocycles. The number of aromatic carboxylic acids is 1. The summed E-state index contributed by atoms with van der Waals surface area (Å²) < 4.78 is 0. The normalized spacial score (nSPS) is 18.6. The molecule has 1 aliphatic heterocycles. The van der Waals surface area contributed by atoms with Gasteiger partial charge in [0.1, 0.15) is 5.00 Å². The third-order valence-electron chi connectivity index (χ3n) is 4.20. The van der Waals surface area contributed by atoms with E-state index in [9.17, 15) is 14.7 Å². The van der Waals surface area contributed by atoms with Crippen molar-refractivity contribution in [3.63, 3.8) is 0 Å². The van der Waals surface area contributed by atoms with Gasteiger partial charge in [-0.2, -0.15) is 0 Å². The molecule has 0 radical (unpaired) electrons. The molecule has 21 heavy (non-hydrogen) atoms. The van der Waals surface area contributed by atoms with Gasteiger partial charge in [-0.15, -0.1) is 11.3 Å². The van der Waals surface area contributed by atoms with E-state index in [1.807, 2.05) is 6.92 Å². The maximum absolute atomic E-state index is 12.4. The van der Waals surface area contributed by atoms with Crippen LogP contribution in [0.1, 0.15) is 47.0 Å². The maximum atomic E-state index is 12.4. The fourth-order valence-corrected chi connectivity index (χ4v) is 3.77. The number of carbonyl (C=O) groups is 2. The molecule has 1 saturated heterocycles. The number of aryl methyl sites for hydroxylation is 1. The number of nitrogens with zero attached hydrogens (tertiary/aromatic N) is 1. The molecule has 2 rings (SSSR count). The van der Waals surface area contributed by atoms with Crippen molar-refractivity contribution in [2.24, 2.45) is 5.92 Å². The zero-order valence-corrected chi connectivity index (χ0v) is 13.5. The molecule has 2 heterocycles. The van der Waals surface area contributed by atoms with E-state index < -0.39 is 5.97 Å². The minimum atomic E-state index is -0.989. The highest BCUT2D eigenvalue weighted by atomic mass is 32.1. The number of nitrogens with one attached hydrogen (secondary N) is 1. The first kappa shape index (κ1) is 15.8. The van der Waals surface area contributed by atoms with Crippen molar-refractivity contribution in [3.8, 4) is 0 Å². The van der Waals surface area contributed by atoms with Crippen molar-refractivity contribution >= 4 is 28.3 Å². The van der Waals surface area contributed by atoms with Gasteiger partial charge >= 0.3 is 12.0 Å². The molecule has 2 amide bonds. The molecule has 1 aliphatic rings. The predicted octanol–water partition coefficient (Wildman–Crippen LogP) is 3.72. The first-order chi connectivity index (χ1) is 9.93. The number of urea groups is 1. The zero-order chi connectivity index (χ0) is 15.6. The van der Waals surface area contributed by atoms with E-state index in [4.69, 9.17) is 0 Å². The Bertz CT molecular complexity index is 553. The number of hydrogen-bond acceptors (Lipinski definition) is 3. The molecule has 2 N–H and O–H groups in total. The molecule has 1 aromatic rings. The summed E-state index contributed by atoms with van der Waals surface area (Å²) in [6.07, 6.45) is 3.25. The van der Waals surface area contributed by atoms with Crippen LogP contribution in [0.15, 0.2) is 0 Å². The number of rotatable bonds is 3. The third-order valence-corrected chi connectivity index (χ3v) is 5.33. The SMILES string of the molecule is CCC1CCCN(C(=O)Nc2sc(C)c(C)c2C(=O)O)C1. The van der Waals surface area contributed by atoms with E-state index in [0.29, 0.717) is 10.9 Å². The van der Waals surface area contributed by atoms with E-state index in [0.717, 1.165) is 42.8 Å². The summed E-state index contributed by atoms with van der Waals surface area (Å²) in [5.41, 5.74) is 0.947. The molecule has 0 saturated carbocycles. The van der Waals surface area contributed by atoms with Crippen molar-refractivity contribution in [1.29, 1.82) is 0 Å². The highest BCUT2D eigenvalue weighted by Crippen LogP contribution is 2.32. The smallest absolute Gasteiger partial charge is 0.338 e. The fourth-order valence-electron chi connectivity index (χ4n) is 2.73. The van der Waals surface area contributed by atoms with Crippen molar-refractivity contribution in [2.75, 3.05) is 18.4 Å². The number of amides is 2. The van der Waals surface area contributed by atoms with Gasteiger partial charge in [0.15, 0.2) is 0 Å². The van der Waals surface area contributed by atoms with Crippen LogP contribution >= 0.6 is 11.3 Å². The monoisotopic (exact) mass is 310 g/mol. The van der Waals surface area contributed by atoms with E-state index in [1.54, 1.807) is 11.8 Å². The molecule has 0 aromatic carbocycles. The van der Waals surface area contributed by atoms with Crippen LogP contribution in [0, 0.1) is 19.8 Å². The van der Waals surface area contributed by atoms with Gasteiger partial charge in [-0.3, -0.25) is 5.32 Å². The molecule has 1 unspecified atom stereocenters. The second kappa shape index (κ2) is 6.47. The van der Waals surface area contributed by atoms with Gasteiger partial charge in [-0.05, 0) is 38.2 Å². The van der Waals surface area contributed by atoms with Gasteiger partial charge in [-0.1, -0.05) is 13.3 Å². The highest BCUT2D eigenvalue weighted by Gasteiger charge is 2.25. The molecule has 5 nitrogen and oxygen atoms in total. The van der Waals surface area contributed by atoms with Crippen molar-refractivity contribution in [3.05, 3.63) is 16.0 Å². The molecule has 0 spiro atoms. The lowest BCUT2D eigenvalue weighted by Crippen LogP contribution is -2.42. The Morgan fingerprint density at radius 2 is 2.14 bits per heavy atom. The maximum Gasteiger partial charge on any atom is 0.338 e. The molecular weight excluding hydrogens is 288 g/mol. The lowest BCUT2D eigenvalue weighted by atomic mass is 9.96. The Kier molecular flexibility index (Phi) is 4.88. The molecule has 1 fully saturated rings. The Hall–Kier alpha value is -1.56. The average molecular weight is 310 g/mol. The quantitative estimate of drug-likeness (QED) is 0.894. The second-order valence-electron chi connectivity index (χ2n) is 5.59. The largest absolute Gasteiger partial charge is 0.478 e. The summed E-state index contributed by atoms with van der Waals surface area (Å²) in [5.74, 6) is -0.438. The molecular formula is C15H22N2O3S. The van der Waals surface area contributed by atoms with Crippen molar-refractivity contribution in [2.45, 2.75) is 40.0 Å². The Morgan fingerprint density at radius 3 is 2.76 bits per heavy atom. The Balaban J connectivity index is 2.13. The second-order valence-corrected chi connectivity index (χ2v) is 6.81. The lowest BCUT2D eigenvalue weighted by Gasteiger charge is -2.32. The zero-order valence-electron chi connectivity index (χ0n) is 12.7. The summed E-state index contributed by atoms with van der Waals surface area (Å²) >= 11 is 1.33. The van der Waals surface area contributed by atoms with E-state index >= 15 is 0 Å². The third kappa shape index (κ3) is 3.37. The van der Waals surface area contributed by atoms with Gasteiger partial charge in [0.05, 0.1) is 5.56 Å². The molecule has 1 atom stereocenters. The van der Waals surface area contributed by atoms with Crippen molar-refractivity contribution < 1.29 is 14.7 Å². The van der Waals surface area contributed by atoms with E-state index in [2.05, 4.69) is 12.2 Å². The van der Waals surface area contributed by atoms with Gasteiger partial charge in [0, 0.05) is 18.0 Å². The molecule has 6 heteroatoms. The van der Waals surface area contributed by atoms with E-state index in [-0.39, 0.29) is 11.6 Å². The first-order valence-corrected chi connectivity index (χ1v) is 8.14. The summed E-state index contributed by atoms with van der Waals surface area (Å²) in [4.78, 5) is 26.4. The van der Waals surface area contributed by atoms with Crippen molar-refractivity contribution in [1.82, 2.24) is 4.90 Å². The van der Waals surface area contributed by atoms with Crippen LogP contribution in [0.2, 0.25) is 0 Å². The number of carboxylic acids is 1. The predicted molar refractivity (Wildman–Crippen MR) is 84.4 cm³/mol. The van der Waals surface area contributed by atoms with Crippen LogP contribution in [0.4, 0.5) is 9.80 Å². The Morgan fingerprint density at radius 1 is 1.43 bits per heavy atom. The number of piperidine rings is 1. The fraction of sp³-hybridized carbons (Fsp3) is 0.600. The minimum Gasteiger partial charge on any atom is -0.478 e. The highest BCUT2D eigenvalue weighted by molar-refractivity contribution is 7.16. The lowest BCUT2D eigenvalue weighted by molar-refractivity contribution is 0.0697. The van der Waals surface area contributed by atoms with Gasteiger partial charge in [0.25, 0.3) is 0 Å². The van der Waals surface area contributed by atoms with Crippen LogP contribution in [-0.4, -0.2) is 35.1 Å². The summed E-state index contributed by atoms with van der Waals surface area (Å²) in [7, 11) is 0. The number of anilines is 1. The topological polar surface area (TPSA) is 69.6 Å². The molecule has 116 valence electrons. The molecule has 0 bridgehead atoms. The number of carbonyl (C=O) groups excluding carboxylic acids is 1. The number of likely N-dealkylation sites (tertiary alicyclic amines) is 1. The average Bonchev–Trinajstić information content (AvgIpc) is 2.73. The Labute approximate surface area is 129 Å². The van der Waals surface area contributed by atoms with Gasteiger partial charge in [0.2, 0.25) is 0 Å². The number of thiophene rings is 1. The summed E-state index contributed by atoms with van der Waals surface area (Å²) in [6, 6.07) is -0.183. The van der Waals surface area contributed by atoms with E-state index in [1.165, 1.54) is 11.3 Å². The summed E-state index contributed by atoms with van der Waals surface area (Å²) in [6.45, 7) is 7.29.